The van der Waals surface area contributed by atoms with Crippen molar-refractivity contribution in [3.05, 3.63) is 96.1 Å². The summed E-state index contributed by atoms with van der Waals surface area (Å²) in [5.74, 6) is -0.252. The van der Waals surface area contributed by atoms with Crippen LogP contribution in [0.3, 0.4) is 0 Å². The van der Waals surface area contributed by atoms with E-state index in [1.807, 2.05) is 66.7 Å². The minimum absolute atomic E-state index is 0.252. The normalized spacial score (nSPS) is 10.2. The minimum atomic E-state index is -0.252. The number of nitriles is 1. The summed E-state index contributed by atoms with van der Waals surface area (Å²) in [5.41, 5.74) is 3.89. The van der Waals surface area contributed by atoms with E-state index in [2.05, 4.69) is 5.32 Å². The fraction of sp³-hybridized carbons (Fsp3) is 0. The number of amides is 1. The molecule has 5 heteroatoms. The molecule has 1 aromatic heterocycles. The number of carbonyl (C=O) groups is 1. The summed E-state index contributed by atoms with van der Waals surface area (Å²) in [6.07, 6.45) is 0. The van der Waals surface area contributed by atoms with E-state index >= 15 is 0 Å². The quantitative estimate of drug-likeness (QED) is 0.500. The number of nitrogens with zero attached hydrogens (tertiary/aromatic N) is 2. The average Bonchev–Trinajstić information content (AvgIpc) is 3.19. The van der Waals surface area contributed by atoms with Gasteiger partial charge in [0, 0.05) is 11.1 Å². The molecule has 0 atom stereocenters. The molecule has 0 saturated carbocycles. The van der Waals surface area contributed by atoms with Crippen LogP contribution in [0.1, 0.15) is 15.9 Å². The van der Waals surface area contributed by atoms with Crippen LogP contribution in [0.5, 0.6) is 0 Å². The first kappa shape index (κ1) is 17.7. The molecule has 4 rings (SSSR count). The van der Waals surface area contributed by atoms with E-state index in [-0.39, 0.29) is 5.91 Å². The Labute approximate surface area is 166 Å². The Hall–Kier alpha value is -3.75. The fourth-order valence-corrected chi connectivity index (χ4v) is 3.80. The second-order valence-corrected chi connectivity index (χ2v) is 7.07. The van der Waals surface area contributed by atoms with Crippen molar-refractivity contribution >= 4 is 22.4 Å². The van der Waals surface area contributed by atoms with E-state index in [0.29, 0.717) is 16.3 Å². The van der Waals surface area contributed by atoms with E-state index < -0.39 is 0 Å². The first-order chi connectivity index (χ1) is 13.7. The highest BCUT2D eigenvalue weighted by Gasteiger charge is 2.16. The lowest BCUT2D eigenvalue weighted by Crippen LogP contribution is -2.11. The zero-order valence-electron chi connectivity index (χ0n) is 14.8. The highest BCUT2D eigenvalue weighted by atomic mass is 32.1. The molecule has 0 radical (unpaired) electrons. The summed E-state index contributed by atoms with van der Waals surface area (Å²) in [5, 5.41) is 12.3. The molecule has 0 fully saturated rings. The van der Waals surface area contributed by atoms with Gasteiger partial charge < -0.3 is 0 Å². The standard InChI is InChI=1S/C23H15N3OS/c24-15-16-11-13-19(14-12-16)22(27)26-23-25-20(17-7-3-1-4-8-17)21(28-23)18-9-5-2-6-10-18/h1-14H,(H,25,26,27). The number of anilines is 1. The summed E-state index contributed by atoms with van der Waals surface area (Å²) >= 11 is 1.44. The predicted octanol–water partition coefficient (Wildman–Crippen LogP) is 5.60. The van der Waals surface area contributed by atoms with Crippen LogP contribution in [0.4, 0.5) is 5.13 Å². The number of hydrogen-bond donors (Lipinski definition) is 1. The molecule has 4 aromatic rings. The summed E-state index contributed by atoms with van der Waals surface area (Å²) < 4.78 is 0. The topological polar surface area (TPSA) is 65.8 Å². The number of rotatable bonds is 4. The number of nitrogens with one attached hydrogen (secondary N) is 1. The third kappa shape index (κ3) is 3.68. The van der Waals surface area contributed by atoms with E-state index in [1.54, 1.807) is 24.3 Å². The van der Waals surface area contributed by atoms with Crippen molar-refractivity contribution in [2.75, 3.05) is 5.32 Å². The van der Waals surface area contributed by atoms with Gasteiger partial charge in [0.05, 0.1) is 22.2 Å². The van der Waals surface area contributed by atoms with Crippen LogP contribution in [-0.2, 0) is 0 Å². The van der Waals surface area contributed by atoms with Crippen molar-refractivity contribution < 1.29 is 4.79 Å². The number of carbonyl (C=O) groups excluding carboxylic acids is 1. The predicted molar refractivity (Wildman–Crippen MR) is 112 cm³/mol. The molecule has 0 saturated heterocycles. The molecule has 0 aliphatic carbocycles. The molecular formula is C23H15N3OS. The highest BCUT2D eigenvalue weighted by molar-refractivity contribution is 7.19. The van der Waals surface area contributed by atoms with Crippen molar-refractivity contribution in [2.45, 2.75) is 0 Å². The second-order valence-electron chi connectivity index (χ2n) is 6.07. The Balaban J connectivity index is 1.69. The van der Waals surface area contributed by atoms with Gasteiger partial charge in [0.1, 0.15) is 0 Å². The molecule has 0 aliphatic rings. The van der Waals surface area contributed by atoms with Gasteiger partial charge >= 0.3 is 0 Å². The zero-order valence-corrected chi connectivity index (χ0v) is 15.6. The summed E-state index contributed by atoms with van der Waals surface area (Å²) in [7, 11) is 0. The molecule has 134 valence electrons. The third-order valence-corrected chi connectivity index (χ3v) is 5.23. The Morgan fingerprint density at radius 1 is 0.857 bits per heavy atom. The maximum Gasteiger partial charge on any atom is 0.257 e. The first-order valence-electron chi connectivity index (χ1n) is 8.68. The molecular weight excluding hydrogens is 366 g/mol. The van der Waals surface area contributed by atoms with Crippen LogP contribution in [0.25, 0.3) is 21.7 Å². The van der Waals surface area contributed by atoms with Gasteiger partial charge in [0.25, 0.3) is 5.91 Å². The molecule has 3 aromatic carbocycles. The van der Waals surface area contributed by atoms with Gasteiger partial charge in [0.2, 0.25) is 0 Å². The molecule has 28 heavy (non-hydrogen) atoms. The van der Waals surface area contributed by atoms with Gasteiger partial charge in [-0.1, -0.05) is 72.0 Å². The van der Waals surface area contributed by atoms with Crippen molar-refractivity contribution in [1.29, 1.82) is 5.26 Å². The molecule has 1 N–H and O–H groups in total. The summed E-state index contributed by atoms with van der Waals surface area (Å²) in [6, 6.07) is 28.5. The van der Waals surface area contributed by atoms with Gasteiger partial charge in [0.15, 0.2) is 5.13 Å². The molecule has 0 unspecified atom stereocenters. The average molecular weight is 381 g/mol. The van der Waals surface area contributed by atoms with Crippen molar-refractivity contribution in [3.63, 3.8) is 0 Å². The van der Waals surface area contributed by atoms with Crippen LogP contribution in [-0.4, -0.2) is 10.9 Å². The van der Waals surface area contributed by atoms with Gasteiger partial charge in [-0.25, -0.2) is 4.98 Å². The molecule has 1 heterocycles. The van der Waals surface area contributed by atoms with Gasteiger partial charge in [-0.2, -0.15) is 5.26 Å². The summed E-state index contributed by atoms with van der Waals surface area (Å²) in [4.78, 5) is 18.3. The van der Waals surface area contributed by atoms with Crippen LogP contribution in [0, 0.1) is 11.3 Å². The number of thiazole rings is 1. The SMILES string of the molecule is N#Cc1ccc(C(=O)Nc2nc(-c3ccccc3)c(-c3ccccc3)s2)cc1. The van der Waals surface area contributed by atoms with E-state index in [0.717, 1.165) is 21.7 Å². The van der Waals surface area contributed by atoms with Crippen LogP contribution in [0.2, 0.25) is 0 Å². The van der Waals surface area contributed by atoms with Crippen LogP contribution >= 0.6 is 11.3 Å². The van der Waals surface area contributed by atoms with Gasteiger partial charge in [-0.05, 0) is 29.8 Å². The molecule has 4 nitrogen and oxygen atoms in total. The zero-order chi connectivity index (χ0) is 19.3. The Bertz CT molecular complexity index is 1090. The van der Waals surface area contributed by atoms with Crippen LogP contribution in [0.15, 0.2) is 84.9 Å². The lowest BCUT2D eigenvalue weighted by Gasteiger charge is -2.02. The fourth-order valence-electron chi connectivity index (χ4n) is 2.82. The Morgan fingerprint density at radius 3 is 2.07 bits per heavy atom. The maximum atomic E-state index is 12.6. The number of hydrogen-bond acceptors (Lipinski definition) is 4. The van der Waals surface area contributed by atoms with Crippen molar-refractivity contribution in [1.82, 2.24) is 4.98 Å². The minimum Gasteiger partial charge on any atom is -0.298 e. The van der Waals surface area contributed by atoms with E-state index in [4.69, 9.17) is 10.2 Å². The monoisotopic (exact) mass is 381 g/mol. The van der Waals surface area contributed by atoms with Crippen LogP contribution < -0.4 is 5.32 Å². The molecule has 1 amide bonds. The highest BCUT2D eigenvalue weighted by Crippen LogP contribution is 2.38. The first-order valence-corrected chi connectivity index (χ1v) is 9.49. The van der Waals surface area contributed by atoms with Crippen molar-refractivity contribution in [2.24, 2.45) is 0 Å². The largest absolute Gasteiger partial charge is 0.298 e. The number of benzene rings is 3. The second kappa shape index (κ2) is 7.87. The third-order valence-electron chi connectivity index (χ3n) is 4.21. The smallest absolute Gasteiger partial charge is 0.257 e. The molecule has 0 spiro atoms. The van der Waals surface area contributed by atoms with Gasteiger partial charge in [-0.15, -0.1) is 0 Å². The molecule has 0 bridgehead atoms. The molecule has 0 aliphatic heterocycles. The maximum absolute atomic E-state index is 12.6. The number of aromatic nitrogens is 1. The lowest BCUT2D eigenvalue weighted by atomic mass is 10.1. The van der Waals surface area contributed by atoms with E-state index in [1.165, 1.54) is 11.3 Å². The lowest BCUT2D eigenvalue weighted by molar-refractivity contribution is 0.102. The van der Waals surface area contributed by atoms with Crippen molar-refractivity contribution in [3.8, 4) is 27.8 Å². The van der Waals surface area contributed by atoms with E-state index in [9.17, 15) is 4.79 Å². The Kier molecular flexibility index (Phi) is 4.96. The Morgan fingerprint density at radius 2 is 1.46 bits per heavy atom. The van der Waals surface area contributed by atoms with Gasteiger partial charge in [-0.3, -0.25) is 10.1 Å². The summed E-state index contributed by atoms with van der Waals surface area (Å²) in [6.45, 7) is 0.